The van der Waals surface area contributed by atoms with Gasteiger partial charge in [0.2, 0.25) is 0 Å². The molecule has 0 fully saturated rings. The number of halogens is 3. The lowest BCUT2D eigenvalue weighted by Gasteiger charge is -2.31. The lowest BCUT2D eigenvalue weighted by atomic mass is 9.87. The number of benzene rings is 11. The van der Waals surface area contributed by atoms with Crippen molar-refractivity contribution in [2.75, 3.05) is 14.7 Å². The first kappa shape index (κ1) is 50.5. The Morgan fingerprint density at radius 3 is 1.11 bits per heavy atom. The minimum absolute atomic E-state index is 0.251. The summed E-state index contributed by atoms with van der Waals surface area (Å²) in [5.74, 6) is 0.260. The Bertz CT molecular complexity index is 4330. The van der Waals surface area contributed by atoms with Gasteiger partial charge in [-0.1, -0.05) is 188 Å². The van der Waals surface area contributed by atoms with E-state index in [1.165, 1.54) is 6.07 Å². The molecule has 0 aliphatic carbocycles. The van der Waals surface area contributed by atoms with Crippen molar-refractivity contribution >= 4 is 73.0 Å². The molecule has 0 N–H and O–H groups in total. The molecule has 13 rings (SSSR count). The van der Waals surface area contributed by atoms with Gasteiger partial charge < -0.3 is 14.7 Å². The molecule has 0 atom stereocenters. The molecular weight excluding hydrogens is 1020 g/mol. The van der Waals surface area contributed by atoms with Crippen molar-refractivity contribution in [1.29, 1.82) is 5.26 Å². The largest absolute Gasteiger partial charge is 0.416 e. The van der Waals surface area contributed by atoms with Crippen molar-refractivity contribution in [3.05, 3.63) is 308 Å². The second-order valence-corrected chi connectivity index (χ2v) is 19.7. The smallest absolute Gasteiger partial charge is 0.310 e. The minimum atomic E-state index is -4.68. The van der Waals surface area contributed by atoms with Crippen molar-refractivity contribution in [2.24, 2.45) is 0 Å². The molecule has 0 unspecified atom stereocenters. The Morgan fingerprint density at radius 2 is 0.695 bits per heavy atom. The van der Waals surface area contributed by atoms with Gasteiger partial charge in [0.25, 0.3) is 0 Å². The van der Waals surface area contributed by atoms with Crippen LogP contribution >= 0.6 is 0 Å². The molecule has 0 bridgehead atoms. The van der Waals surface area contributed by atoms with Gasteiger partial charge in [-0.25, -0.2) is 4.98 Å². The van der Waals surface area contributed by atoms with Crippen LogP contribution in [0.2, 0.25) is 0 Å². The summed E-state index contributed by atoms with van der Waals surface area (Å²) in [5.41, 5.74) is 11.0. The number of hydrogen-bond donors (Lipinski definition) is 0. The summed E-state index contributed by atoms with van der Waals surface area (Å²) in [6.45, 7) is 0. The Balaban J connectivity index is 1.25. The van der Waals surface area contributed by atoms with E-state index in [4.69, 9.17) is 4.98 Å². The first-order chi connectivity index (χ1) is 40.4. The third kappa shape index (κ3) is 9.24. The van der Waals surface area contributed by atoms with E-state index in [1.54, 1.807) is 6.07 Å². The topological polar surface area (TPSA) is 51.3 Å². The highest BCUT2D eigenvalue weighted by Crippen LogP contribution is 2.53. The van der Waals surface area contributed by atoms with E-state index in [1.807, 2.05) is 223 Å². The molecule has 392 valence electrons. The van der Waals surface area contributed by atoms with Crippen LogP contribution in [0.1, 0.15) is 11.1 Å². The number of nitriles is 1. The predicted octanol–water partition coefficient (Wildman–Crippen LogP) is 20.5. The van der Waals surface area contributed by atoms with E-state index in [0.717, 1.165) is 57.0 Å². The fraction of sp³-hybridized carbons (Fsp3) is 0.0137. The van der Waals surface area contributed by atoms with Gasteiger partial charge in [-0.15, -0.1) is 0 Å². The number of anilines is 9. The highest BCUT2D eigenvalue weighted by atomic mass is 19.4. The first-order valence-corrected chi connectivity index (χ1v) is 26.9. The summed E-state index contributed by atoms with van der Waals surface area (Å²) >= 11 is 0. The number of aromatic nitrogens is 2. The summed E-state index contributed by atoms with van der Waals surface area (Å²) in [5, 5.41) is 14.0. The molecule has 0 aliphatic rings. The zero-order valence-electron chi connectivity index (χ0n) is 44.1. The zero-order chi connectivity index (χ0) is 55.6. The molecule has 0 radical (unpaired) electrons. The standard InChI is InChI=1S/C73H49F3N6/c74-73(75,76)51-47-48-59-58-39-19-23-43-64(58)82(68(59)49-51)72-70(61-41-21-25-45-66(61)80(54-31-11-3-12-32-54)55-33-13-4-14-34-55)63(50-77)69(60-40-20-24-44-65(60)79(52-27-7-1-8-28-52)53-29-9-2-10-30-53)71(78-72)62-42-22-26-46-67(62)81(56-35-15-5-16-36-56)57-37-17-6-18-38-57/h1-49H. The molecule has 0 aliphatic heterocycles. The second-order valence-electron chi connectivity index (χ2n) is 19.7. The molecule has 0 saturated heterocycles. The lowest BCUT2D eigenvalue weighted by Crippen LogP contribution is -2.15. The van der Waals surface area contributed by atoms with Crippen LogP contribution < -0.4 is 14.7 Å². The van der Waals surface area contributed by atoms with Crippen LogP contribution in [0.15, 0.2) is 297 Å². The number of fused-ring (bicyclic) bond motifs is 3. The highest BCUT2D eigenvalue weighted by Gasteiger charge is 2.35. The van der Waals surface area contributed by atoms with Crippen LogP contribution in [-0.4, -0.2) is 9.55 Å². The third-order valence-electron chi connectivity index (χ3n) is 14.8. The molecule has 13 aromatic rings. The summed E-state index contributed by atoms with van der Waals surface area (Å²) in [4.78, 5) is 12.5. The quantitative estimate of drug-likeness (QED) is 0.115. The summed E-state index contributed by atoms with van der Waals surface area (Å²) in [7, 11) is 0. The maximum atomic E-state index is 15.2. The molecule has 2 aromatic heterocycles. The average molecular weight is 1070 g/mol. The maximum Gasteiger partial charge on any atom is 0.416 e. The fourth-order valence-corrected chi connectivity index (χ4v) is 11.3. The minimum Gasteiger partial charge on any atom is -0.310 e. The van der Waals surface area contributed by atoms with Crippen LogP contribution in [0.25, 0.3) is 61.1 Å². The molecule has 9 heteroatoms. The van der Waals surface area contributed by atoms with Crippen LogP contribution in [0, 0.1) is 11.3 Å². The van der Waals surface area contributed by atoms with Gasteiger partial charge in [0.05, 0.1) is 44.9 Å². The van der Waals surface area contributed by atoms with Gasteiger partial charge in [-0.2, -0.15) is 18.4 Å². The fourth-order valence-electron chi connectivity index (χ4n) is 11.3. The summed E-state index contributed by atoms with van der Waals surface area (Å²) < 4.78 is 47.5. The molecule has 2 heterocycles. The van der Waals surface area contributed by atoms with Crippen LogP contribution in [0.5, 0.6) is 0 Å². The van der Waals surface area contributed by atoms with Crippen LogP contribution in [0.4, 0.5) is 64.4 Å². The van der Waals surface area contributed by atoms with Gasteiger partial charge in [-0.3, -0.25) is 4.57 Å². The maximum absolute atomic E-state index is 15.2. The van der Waals surface area contributed by atoms with Crippen LogP contribution in [-0.2, 0) is 6.18 Å². The van der Waals surface area contributed by atoms with Crippen LogP contribution in [0.3, 0.4) is 0 Å². The van der Waals surface area contributed by atoms with E-state index >= 15 is 13.2 Å². The Kier molecular flexibility index (Phi) is 13.4. The first-order valence-electron chi connectivity index (χ1n) is 26.9. The van der Waals surface area contributed by atoms with Crippen molar-refractivity contribution in [3.8, 4) is 45.4 Å². The summed E-state index contributed by atoms with van der Waals surface area (Å²) in [6.07, 6.45) is -4.68. The monoisotopic (exact) mass is 1070 g/mol. The van der Waals surface area contributed by atoms with Gasteiger partial charge in [0, 0.05) is 72.7 Å². The van der Waals surface area contributed by atoms with Gasteiger partial charge in [0.15, 0.2) is 0 Å². The molecule has 11 aromatic carbocycles. The van der Waals surface area contributed by atoms with Crippen molar-refractivity contribution < 1.29 is 13.2 Å². The number of hydrogen-bond acceptors (Lipinski definition) is 5. The van der Waals surface area contributed by atoms with Crippen molar-refractivity contribution in [3.63, 3.8) is 0 Å². The molecule has 0 spiro atoms. The predicted molar refractivity (Wildman–Crippen MR) is 329 cm³/mol. The number of alkyl halides is 3. The number of pyridine rings is 1. The SMILES string of the molecule is N#Cc1c(-c2ccccc2N(c2ccccc2)c2ccccc2)c(-c2ccccc2N(c2ccccc2)c2ccccc2)nc(-n2c3ccccc3c3ccc(C(F)(F)F)cc32)c1-c1ccccc1N(c1ccccc1)c1ccccc1. The number of rotatable bonds is 13. The lowest BCUT2D eigenvalue weighted by molar-refractivity contribution is -0.137. The Labute approximate surface area is 473 Å². The second kappa shape index (κ2) is 21.7. The van der Waals surface area contributed by atoms with E-state index in [2.05, 4.69) is 81.4 Å². The van der Waals surface area contributed by atoms with Crippen molar-refractivity contribution in [1.82, 2.24) is 9.55 Å². The number of nitrogens with zero attached hydrogens (tertiary/aromatic N) is 6. The molecule has 0 saturated carbocycles. The highest BCUT2D eigenvalue weighted by molar-refractivity contribution is 6.11. The zero-order valence-corrected chi connectivity index (χ0v) is 44.1. The molecule has 0 amide bonds. The Hall–Kier alpha value is -11.0. The van der Waals surface area contributed by atoms with Gasteiger partial charge in [-0.05, 0) is 109 Å². The van der Waals surface area contributed by atoms with E-state index in [-0.39, 0.29) is 16.9 Å². The average Bonchev–Trinajstić information content (AvgIpc) is 3.64. The van der Waals surface area contributed by atoms with E-state index in [0.29, 0.717) is 50.1 Å². The molecular formula is C73H49F3N6. The molecule has 6 nitrogen and oxygen atoms in total. The van der Waals surface area contributed by atoms with Gasteiger partial charge in [0.1, 0.15) is 11.9 Å². The normalized spacial score (nSPS) is 11.3. The third-order valence-corrected chi connectivity index (χ3v) is 14.8. The summed E-state index contributed by atoms with van der Waals surface area (Å²) in [6, 6.07) is 98.8. The van der Waals surface area contributed by atoms with Gasteiger partial charge >= 0.3 is 6.18 Å². The van der Waals surface area contributed by atoms with E-state index in [9.17, 15) is 5.26 Å². The Morgan fingerprint density at radius 1 is 0.354 bits per heavy atom. The van der Waals surface area contributed by atoms with Crippen molar-refractivity contribution in [2.45, 2.75) is 6.18 Å². The van der Waals surface area contributed by atoms with E-state index < -0.39 is 11.7 Å². The molecule has 82 heavy (non-hydrogen) atoms. The number of para-hydroxylation sites is 10.